The van der Waals surface area contributed by atoms with Crippen LogP contribution in [0.2, 0.25) is 0 Å². The van der Waals surface area contributed by atoms with Gasteiger partial charge in [-0.15, -0.1) is 22.9 Å². The van der Waals surface area contributed by atoms with Crippen molar-refractivity contribution in [3.8, 4) is 0 Å². The second-order valence-corrected chi connectivity index (χ2v) is 4.51. The molecule has 94 valence electrons. The summed E-state index contributed by atoms with van der Waals surface area (Å²) in [6.45, 7) is 0. The minimum Gasteiger partial charge on any atom is -0.386 e. The zero-order valence-corrected chi connectivity index (χ0v) is 10.0. The van der Waals surface area contributed by atoms with Gasteiger partial charge in [0.1, 0.15) is 6.10 Å². The first-order valence-corrected chi connectivity index (χ1v) is 5.82. The van der Waals surface area contributed by atoms with Crippen LogP contribution in [0.1, 0.15) is 0 Å². The van der Waals surface area contributed by atoms with Gasteiger partial charge in [-0.3, -0.25) is 4.98 Å². The molecule has 1 N–H and O–H groups in total. The second kappa shape index (κ2) is 5.66. The maximum atomic E-state index is 12.2. The van der Waals surface area contributed by atoms with Crippen LogP contribution in [0.15, 0.2) is 41.4 Å². The fraction of sp³-hybridized carbons (Fsp3) is 0.300. The Labute approximate surface area is 105 Å². The highest BCUT2D eigenvalue weighted by atomic mass is 35.5. The number of alkyl halides is 4. The van der Waals surface area contributed by atoms with Crippen LogP contribution in [0, 0.1) is 0 Å². The van der Waals surface area contributed by atoms with E-state index in [4.69, 9.17) is 16.7 Å². The number of aromatic nitrogens is 1. The third-order valence-electron chi connectivity index (χ3n) is 1.96. The van der Waals surface area contributed by atoms with Gasteiger partial charge in [0, 0.05) is 11.6 Å². The summed E-state index contributed by atoms with van der Waals surface area (Å²) in [4.78, 5) is 1.08. The molecule has 0 amide bonds. The molecule has 0 saturated carbocycles. The van der Waals surface area contributed by atoms with E-state index in [1.807, 2.05) is 5.38 Å². The summed E-state index contributed by atoms with van der Waals surface area (Å²) in [6, 6.07) is 0. The number of hydrogen-bond acceptors (Lipinski definition) is 3. The van der Waals surface area contributed by atoms with Gasteiger partial charge in [-0.25, -0.2) is 0 Å². The predicted molar refractivity (Wildman–Crippen MR) is 61.0 cm³/mol. The summed E-state index contributed by atoms with van der Waals surface area (Å²) in [5.74, 6) is 0. The van der Waals surface area contributed by atoms with Gasteiger partial charge in [0.15, 0.2) is 4.87 Å². The fourth-order valence-corrected chi connectivity index (χ4v) is 1.54. The quantitative estimate of drug-likeness (QED) is 0.742. The van der Waals surface area contributed by atoms with E-state index in [-0.39, 0.29) is 0 Å². The van der Waals surface area contributed by atoms with Crippen molar-refractivity contribution in [2.24, 2.45) is 0 Å². The van der Waals surface area contributed by atoms with Gasteiger partial charge in [0.25, 0.3) is 0 Å². The van der Waals surface area contributed by atoms with Crippen LogP contribution in [-0.2, 0) is 0 Å². The molecule has 1 aliphatic carbocycles. The highest BCUT2D eigenvalue weighted by molar-refractivity contribution is 7.07. The predicted octanol–water partition coefficient (Wildman–Crippen LogP) is 3.16. The number of hydrogen-bond donors (Lipinski definition) is 1. The maximum absolute atomic E-state index is 12.2. The Bertz CT molecular complexity index is 374. The summed E-state index contributed by atoms with van der Waals surface area (Å²) < 4.78 is 36.6. The average Bonchev–Trinajstić information content (AvgIpc) is 2.79. The third-order valence-corrected chi connectivity index (χ3v) is 3.04. The Kier molecular flexibility index (Phi) is 4.73. The molecular formula is C10H9ClF3NOS. The van der Waals surface area contributed by atoms with E-state index in [1.54, 1.807) is 23.0 Å². The fourth-order valence-electron chi connectivity index (χ4n) is 1.04. The van der Waals surface area contributed by atoms with Crippen molar-refractivity contribution in [1.29, 1.82) is 0 Å². The van der Waals surface area contributed by atoms with Crippen LogP contribution in [0.25, 0.3) is 0 Å². The number of rotatable bonds is 0. The normalized spacial score (nSPS) is 27.5. The maximum Gasteiger partial charge on any atom is 0.413 e. The van der Waals surface area contributed by atoms with E-state index in [0.717, 1.165) is 18.2 Å². The highest BCUT2D eigenvalue weighted by Gasteiger charge is 2.56. The largest absolute Gasteiger partial charge is 0.413 e. The van der Waals surface area contributed by atoms with Gasteiger partial charge in [-0.05, 0) is 0 Å². The second-order valence-electron chi connectivity index (χ2n) is 3.13. The summed E-state index contributed by atoms with van der Waals surface area (Å²) >= 11 is 6.79. The summed E-state index contributed by atoms with van der Waals surface area (Å²) in [6.07, 6.45) is -0.381. The van der Waals surface area contributed by atoms with Crippen LogP contribution >= 0.6 is 22.9 Å². The van der Waals surface area contributed by atoms with E-state index in [0.29, 0.717) is 0 Å². The Morgan fingerprint density at radius 2 is 2.06 bits per heavy atom. The molecule has 0 fully saturated rings. The standard InChI is InChI=1S/C7H6ClF3O.C3H3NS/c8-6(7(9,10)11)4-2-1-3-5(6)12;1-2-5-3-4-1/h1-5,12H;1-3H. The topological polar surface area (TPSA) is 33.1 Å². The van der Waals surface area contributed by atoms with Crippen LogP contribution in [0.3, 0.4) is 0 Å². The van der Waals surface area contributed by atoms with Crippen molar-refractivity contribution in [1.82, 2.24) is 4.98 Å². The van der Waals surface area contributed by atoms with E-state index >= 15 is 0 Å². The molecule has 0 spiro atoms. The molecule has 0 aliphatic heterocycles. The molecule has 0 saturated heterocycles. The molecule has 2 unspecified atom stereocenters. The van der Waals surface area contributed by atoms with Crippen LogP contribution in [0.5, 0.6) is 0 Å². The van der Waals surface area contributed by atoms with Gasteiger partial charge in [-0.2, -0.15) is 13.2 Å². The first-order chi connectivity index (χ1) is 7.88. The first-order valence-electron chi connectivity index (χ1n) is 4.50. The van der Waals surface area contributed by atoms with Crippen molar-refractivity contribution in [3.05, 3.63) is 41.4 Å². The lowest BCUT2D eigenvalue weighted by atomic mass is 9.96. The lowest BCUT2D eigenvalue weighted by molar-refractivity contribution is -0.166. The van der Waals surface area contributed by atoms with Crippen LogP contribution in [-0.4, -0.2) is 27.2 Å². The molecule has 2 atom stereocenters. The van der Waals surface area contributed by atoms with Crippen molar-refractivity contribution in [2.75, 3.05) is 0 Å². The third kappa shape index (κ3) is 3.55. The number of aliphatic hydroxyl groups excluding tert-OH is 1. The summed E-state index contributed by atoms with van der Waals surface area (Å²) in [5, 5.41) is 10.9. The lowest BCUT2D eigenvalue weighted by Crippen LogP contribution is -2.48. The van der Waals surface area contributed by atoms with Gasteiger partial charge in [0.2, 0.25) is 0 Å². The minimum absolute atomic E-state index is 0.735. The Balaban J connectivity index is 0.000000239. The number of thiazole rings is 1. The Morgan fingerprint density at radius 1 is 1.35 bits per heavy atom. The Hall–Kier alpha value is -0.850. The van der Waals surface area contributed by atoms with Crippen molar-refractivity contribution in [3.63, 3.8) is 0 Å². The molecule has 0 bridgehead atoms. The molecule has 1 aliphatic rings. The van der Waals surface area contributed by atoms with E-state index in [9.17, 15) is 13.2 Å². The van der Waals surface area contributed by atoms with Crippen molar-refractivity contribution < 1.29 is 18.3 Å². The van der Waals surface area contributed by atoms with Crippen LogP contribution in [0.4, 0.5) is 13.2 Å². The van der Waals surface area contributed by atoms with E-state index < -0.39 is 17.2 Å². The molecular weight excluding hydrogens is 275 g/mol. The monoisotopic (exact) mass is 283 g/mol. The van der Waals surface area contributed by atoms with Gasteiger partial charge < -0.3 is 5.11 Å². The average molecular weight is 284 g/mol. The zero-order chi connectivity index (χ0) is 12.9. The molecule has 1 heterocycles. The number of halogens is 4. The highest BCUT2D eigenvalue weighted by Crippen LogP contribution is 2.41. The molecule has 17 heavy (non-hydrogen) atoms. The van der Waals surface area contributed by atoms with Gasteiger partial charge in [-0.1, -0.05) is 24.3 Å². The molecule has 2 nitrogen and oxygen atoms in total. The summed E-state index contributed by atoms with van der Waals surface area (Å²) in [5.41, 5.74) is 1.79. The summed E-state index contributed by atoms with van der Waals surface area (Å²) in [7, 11) is 0. The number of allylic oxidation sites excluding steroid dienone is 2. The van der Waals surface area contributed by atoms with Crippen molar-refractivity contribution in [2.45, 2.75) is 17.2 Å². The first kappa shape index (κ1) is 14.2. The van der Waals surface area contributed by atoms with E-state index in [2.05, 4.69) is 4.98 Å². The lowest BCUT2D eigenvalue weighted by Gasteiger charge is -2.30. The number of aliphatic hydroxyl groups is 1. The number of nitrogens with zero attached hydrogens (tertiary/aromatic N) is 1. The van der Waals surface area contributed by atoms with Gasteiger partial charge >= 0.3 is 6.18 Å². The zero-order valence-electron chi connectivity index (χ0n) is 8.43. The molecule has 0 radical (unpaired) electrons. The minimum atomic E-state index is -4.64. The van der Waals surface area contributed by atoms with Gasteiger partial charge in [0.05, 0.1) is 5.51 Å². The van der Waals surface area contributed by atoms with Crippen LogP contribution < -0.4 is 0 Å². The molecule has 2 rings (SSSR count). The SMILES string of the molecule is OC1C=CC=CC1(Cl)C(F)(F)F.c1cscn1. The molecule has 7 heteroatoms. The van der Waals surface area contributed by atoms with Crippen molar-refractivity contribution >= 4 is 22.9 Å². The molecule has 0 aromatic carbocycles. The molecule has 1 aromatic rings. The van der Waals surface area contributed by atoms with E-state index in [1.165, 1.54) is 6.08 Å². The Morgan fingerprint density at radius 3 is 2.35 bits per heavy atom. The molecule has 1 aromatic heterocycles. The smallest absolute Gasteiger partial charge is 0.386 e.